The Labute approximate surface area is 178 Å². The van der Waals surface area contributed by atoms with E-state index in [1.165, 1.54) is 23.8 Å². The van der Waals surface area contributed by atoms with Crippen LogP contribution in [0.5, 0.6) is 0 Å². The van der Waals surface area contributed by atoms with Gasteiger partial charge in [0.25, 0.3) is 11.6 Å². The van der Waals surface area contributed by atoms with E-state index in [9.17, 15) is 14.9 Å². The number of rotatable bonds is 6. The summed E-state index contributed by atoms with van der Waals surface area (Å²) < 4.78 is 0. The van der Waals surface area contributed by atoms with Crippen LogP contribution in [0.25, 0.3) is 0 Å². The SMILES string of the molecule is O=C(NC[C@@H](c1cccnc1)N1CCc2ccccc21)c1ccc(Cl)c([N+](=O)[O-])c1. The van der Waals surface area contributed by atoms with Crippen molar-refractivity contribution in [2.24, 2.45) is 0 Å². The molecule has 1 amide bonds. The molecule has 4 rings (SSSR count). The van der Waals surface area contributed by atoms with E-state index in [4.69, 9.17) is 11.6 Å². The number of halogens is 1. The number of hydrogen-bond donors (Lipinski definition) is 1. The topological polar surface area (TPSA) is 88.4 Å². The maximum absolute atomic E-state index is 12.7. The Hall–Kier alpha value is -3.45. The van der Waals surface area contributed by atoms with E-state index in [1.807, 2.05) is 24.3 Å². The maximum Gasteiger partial charge on any atom is 0.288 e. The molecule has 0 bridgehead atoms. The van der Waals surface area contributed by atoms with Gasteiger partial charge in [-0.15, -0.1) is 0 Å². The molecule has 1 aliphatic rings. The van der Waals surface area contributed by atoms with Crippen LogP contribution in [0.1, 0.15) is 27.5 Å². The Bertz CT molecular complexity index is 1090. The molecule has 7 nitrogen and oxygen atoms in total. The molecule has 0 radical (unpaired) electrons. The van der Waals surface area contributed by atoms with Crippen molar-refractivity contribution in [3.63, 3.8) is 0 Å². The van der Waals surface area contributed by atoms with Gasteiger partial charge in [-0.05, 0) is 41.8 Å². The molecule has 0 fully saturated rings. The van der Waals surface area contributed by atoms with Crippen molar-refractivity contribution in [2.75, 3.05) is 18.0 Å². The van der Waals surface area contributed by atoms with Crippen molar-refractivity contribution in [3.8, 4) is 0 Å². The van der Waals surface area contributed by atoms with Crippen LogP contribution in [0.2, 0.25) is 5.02 Å². The van der Waals surface area contributed by atoms with Gasteiger partial charge in [0.05, 0.1) is 11.0 Å². The summed E-state index contributed by atoms with van der Waals surface area (Å²) in [5.41, 5.74) is 3.30. The summed E-state index contributed by atoms with van der Waals surface area (Å²) in [7, 11) is 0. The molecule has 2 heterocycles. The van der Waals surface area contributed by atoms with Gasteiger partial charge in [-0.25, -0.2) is 0 Å². The van der Waals surface area contributed by atoms with E-state index in [-0.39, 0.29) is 22.3 Å². The third-order valence-electron chi connectivity index (χ3n) is 5.23. The second-order valence-electron chi connectivity index (χ2n) is 7.01. The first-order valence-corrected chi connectivity index (χ1v) is 9.89. The number of nitro benzene ring substituents is 1. The second-order valence-corrected chi connectivity index (χ2v) is 7.41. The highest BCUT2D eigenvalue weighted by molar-refractivity contribution is 6.32. The number of carbonyl (C=O) groups is 1. The first-order chi connectivity index (χ1) is 14.5. The number of hydrogen-bond acceptors (Lipinski definition) is 5. The fourth-order valence-corrected chi connectivity index (χ4v) is 3.94. The van der Waals surface area contributed by atoms with Crippen molar-refractivity contribution in [1.29, 1.82) is 0 Å². The molecule has 0 saturated heterocycles. The van der Waals surface area contributed by atoms with Crippen molar-refractivity contribution in [1.82, 2.24) is 10.3 Å². The minimum Gasteiger partial charge on any atom is -0.362 e. The Kier molecular flexibility index (Phi) is 5.63. The molecule has 1 aromatic heterocycles. The number of nitro groups is 1. The maximum atomic E-state index is 12.7. The zero-order chi connectivity index (χ0) is 21.1. The fraction of sp³-hybridized carbons (Fsp3) is 0.182. The van der Waals surface area contributed by atoms with Crippen LogP contribution >= 0.6 is 11.6 Å². The summed E-state index contributed by atoms with van der Waals surface area (Å²) in [4.78, 5) is 29.7. The van der Waals surface area contributed by atoms with E-state index < -0.39 is 10.8 Å². The van der Waals surface area contributed by atoms with Gasteiger partial charge in [0, 0.05) is 42.8 Å². The number of pyridine rings is 1. The van der Waals surface area contributed by atoms with Gasteiger partial charge in [-0.2, -0.15) is 0 Å². The van der Waals surface area contributed by atoms with Crippen molar-refractivity contribution in [2.45, 2.75) is 12.5 Å². The first-order valence-electron chi connectivity index (χ1n) is 9.51. The summed E-state index contributed by atoms with van der Waals surface area (Å²) in [5.74, 6) is -0.392. The predicted octanol–water partition coefficient (Wildman–Crippen LogP) is 4.18. The Balaban J connectivity index is 1.57. The van der Waals surface area contributed by atoms with Crippen LogP contribution in [0.3, 0.4) is 0 Å². The molecule has 0 unspecified atom stereocenters. The number of carbonyl (C=O) groups excluding carboxylic acids is 1. The van der Waals surface area contributed by atoms with Crippen LogP contribution < -0.4 is 10.2 Å². The Morgan fingerprint density at radius 3 is 2.83 bits per heavy atom. The average molecular weight is 423 g/mol. The third kappa shape index (κ3) is 3.97. The van der Waals surface area contributed by atoms with Crippen LogP contribution in [0.4, 0.5) is 11.4 Å². The largest absolute Gasteiger partial charge is 0.362 e. The van der Waals surface area contributed by atoms with Crippen LogP contribution in [-0.2, 0) is 6.42 Å². The highest BCUT2D eigenvalue weighted by atomic mass is 35.5. The van der Waals surface area contributed by atoms with E-state index in [2.05, 4.69) is 27.3 Å². The number of fused-ring (bicyclic) bond motifs is 1. The molecular formula is C22H19ClN4O3. The summed E-state index contributed by atoms with van der Waals surface area (Å²) in [6, 6.07) is 16.0. The van der Waals surface area contributed by atoms with Gasteiger partial charge in [0.2, 0.25) is 0 Å². The second kappa shape index (κ2) is 8.51. The molecule has 0 saturated carbocycles. The molecule has 1 atom stereocenters. The average Bonchev–Trinajstić information content (AvgIpc) is 3.19. The molecule has 0 spiro atoms. The van der Waals surface area contributed by atoms with Gasteiger partial charge in [0.1, 0.15) is 5.02 Å². The molecule has 3 aromatic rings. The van der Waals surface area contributed by atoms with Gasteiger partial charge < -0.3 is 10.2 Å². The minimum atomic E-state index is -0.598. The summed E-state index contributed by atoms with van der Waals surface area (Å²) in [5, 5.41) is 14.0. The number of para-hydroxylation sites is 1. The number of aromatic nitrogens is 1. The zero-order valence-corrected chi connectivity index (χ0v) is 16.7. The fourth-order valence-electron chi connectivity index (χ4n) is 3.75. The van der Waals surface area contributed by atoms with Gasteiger partial charge in [-0.3, -0.25) is 19.9 Å². The third-order valence-corrected chi connectivity index (χ3v) is 5.55. The molecule has 1 N–H and O–H groups in total. The van der Waals surface area contributed by atoms with Crippen molar-refractivity contribution in [3.05, 3.63) is 98.8 Å². The van der Waals surface area contributed by atoms with Gasteiger partial charge >= 0.3 is 0 Å². The molecule has 152 valence electrons. The molecular weight excluding hydrogens is 404 g/mol. The molecule has 2 aromatic carbocycles. The Morgan fingerprint density at radius 2 is 2.07 bits per heavy atom. The van der Waals surface area contributed by atoms with Crippen molar-refractivity contribution >= 4 is 28.9 Å². The van der Waals surface area contributed by atoms with E-state index in [0.29, 0.717) is 6.54 Å². The van der Waals surface area contributed by atoms with Gasteiger partial charge in [-0.1, -0.05) is 35.9 Å². The monoisotopic (exact) mass is 422 g/mol. The molecule has 8 heteroatoms. The first kappa shape index (κ1) is 19.8. The lowest BCUT2D eigenvalue weighted by atomic mass is 10.1. The Morgan fingerprint density at radius 1 is 1.23 bits per heavy atom. The van der Waals surface area contributed by atoms with Gasteiger partial charge in [0.15, 0.2) is 0 Å². The highest BCUT2D eigenvalue weighted by Crippen LogP contribution is 2.34. The van der Waals surface area contributed by atoms with E-state index >= 15 is 0 Å². The lowest BCUT2D eigenvalue weighted by Gasteiger charge is -2.31. The summed E-state index contributed by atoms with van der Waals surface area (Å²) in [6.45, 7) is 1.16. The van der Waals surface area contributed by atoms with Crippen LogP contribution in [0.15, 0.2) is 67.0 Å². The number of nitrogens with one attached hydrogen (secondary N) is 1. The lowest BCUT2D eigenvalue weighted by molar-refractivity contribution is -0.384. The highest BCUT2D eigenvalue weighted by Gasteiger charge is 2.28. The summed E-state index contributed by atoms with van der Waals surface area (Å²) >= 11 is 5.85. The summed E-state index contributed by atoms with van der Waals surface area (Å²) in [6.07, 6.45) is 4.44. The quantitative estimate of drug-likeness (QED) is 0.475. The number of benzene rings is 2. The molecule has 30 heavy (non-hydrogen) atoms. The zero-order valence-electron chi connectivity index (χ0n) is 16.0. The minimum absolute atomic E-state index is 0.00143. The van der Waals surface area contributed by atoms with Crippen molar-refractivity contribution < 1.29 is 9.72 Å². The number of amides is 1. The molecule has 1 aliphatic heterocycles. The normalized spacial score (nSPS) is 13.6. The number of anilines is 1. The molecule has 0 aliphatic carbocycles. The van der Waals surface area contributed by atoms with Crippen LogP contribution in [-0.4, -0.2) is 28.9 Å². The van der Waals surface area contributed by atoms with E-state index in [1.54, 1.807) is 12.4 Å². The lowest BCUT2D eigenvalue weighted by Crippen LogP contribution is -2.37. The smallest absolute Gasteiger partial charge is 0.288 e. The van der Waals surface area contributed by atoms with E-state index in [0.717, 1.165) is 24.2 Å². The standard InChI is InChI=1S/C22H19ClN4O3/c23-18-8-7-16(12-20(18)27(29)30)22(28)25-14-21(17-5-3-10-24-13-17)26-11-9-15-4-1-2-6-19(15)26/h1-8,10,12-13,21H,9,11,14H2,(H,25,28)/t21-/m0/s1. The van der Waals surface area contributed by atoms with Crippen LogP contribution in [0, 0.1) is 10.1 Å². The number of nitrogens with zero attached hydrogens (tertiary/aromatic N) is 3. The predicted molar refractivity (Wildman–Crippen MR) is 115 cm³/mol.